The summed E-state index contributed by atoms with van der Waals surface area (Å²) in [5.41, 5.74) is 1.88. The van der Waals surface area contributed by atoms with Gasteiger partial charge >= 0.3 is 0 Å². The third-order valence-electron chi connectivity index (χ3n) is 5.71. The van der Waals surface area contributed by atoms with Gasteiger partial charge in [0.15, 0.2) is 5.96 Å². The van der Waals surface area contributed by atoms with Crippen LogP contribution >= 0.6 is 0 Å². The van der Waals surface area contributed by atoms with E-state index in [2.05, 4.69) is 23.2 Å². The minimum Gasteiger partial charge on any atom is -0.496 e. The van der Waals surface area contributed by atoms with E-state index < -0.39 is 0 Å². The van der Waals surface area contributed by atoms with Gasteiger partial charge in [-0.15, -0.1) is 0 Å². The van der Waals surface area contributed by atoms with Crippen molar-refractivity contribution in [3.8, 4) is 5.75 Å². The number of hydrogen-bond donors (Lipinski definition) is 1. The number of nitrogens with zero attached hydrogens (tertiary/aromatic N) is 2. The molecule has 0 spiro atoms. The monoisotopic (exact) mass is 413 g/mol. The lowest BCUT2D eigenvalue weighted by molar-refractivity contribution is 0.0529. The predicted octanol–water partition coefficient (Wildman–Crippen LogP) is 3.98. The molecule has 1 aliphatic heterocycles. The van der Waals surface area contributed by atoms with Crippen molar-refractivity contribution in [2.24, 2.45) is 4.99 Å². The summed E-state index contributed by atoms with van der Waals surface area (Å²) in [5.74, 6) is 1.48. The zero-order chi connectivity index (χ0) is 21.4. The van der Waals surface area contributed by atoms with Crippen molar-refractivity contribution < 1.29 is 13.9 Å². The Morgan fingerprint density at radius 3 is 2.67 bits per heavy atom. The normalized spacial score (nSPS) is 16.2. The van der Waals surface area contributed by atoms with Crippen LogP contribution in [-0.4, -0.2) is 51.3 Å². The quantitative estimate of drug-likeness (QED) is 0.551. The maximum absolute atomic E-state index is 14.0. The first-order chi connectivity index (χ1) is 14.6. The van der Waals surface area contributed by atoms with E-state index in [1.54, 1.807) is 19.2 Å². The van der Waals surface area contributed by atoms with E-state index in [1.165, 1.54) is 6.07 Å². The number of ether oxygens (including phenoxy) is 2. The molecule has 0 unspecified atom stereocenters. The molecule has 1 N–H and O–H groups in total. The second-order valence-electron chi connectivity index (χ2n) is 7.74. The third-order valence-corrected chi connectivity index (χ3v) is 5.71. The van der Waals surface area contributed by atoms with Gasteiger partial charge in [0, 0.05) is 44.3 Å². The van der Waals surface area contributed by atoms with Crippen LogP contribution < -0.4 is 10.1 Å². The van der Waals surface area contributed by atoms with E-state index in [0.29, 0.717) is 26.3 Å². The number of halogens is 1. The van der Waals surface area contributed by atoms with E-state index >= 15 is 0 Å². The molecule has 0 aliphatic carbocycles. The number of nitrogens with one attached hydrogen (secondary N) is 1. The second-order valence-corrected chi connectivity index (χ2v) is 7.74. The summed E-state index contributed by atoms with van der Waals surface area (Å²) in [7, 11) is 3.71. The smallest absolute Gasteiger partial charge is 0.193 e. The lowest BCUT2D eigenvalue weighted by Gasteiger charge is -2.37. The highest BCUT2D eigenvalue weighted by Gasteiger charge is 2.35. The lowest BCUT2D eigenvalue weighted by Crippen LogP contribution is -2.42. The zero-order valence-corrected chi connectivity index (χ0v) is 18.2. The van der Waals surface area contributed by atoms with Crippen LogP contribution in [0.5, 0.6) is 5.75 Å². The van der Waals surface area contributed by atoms with Gasteiger partial charge in [-0.25, -0.2) is 4.39 Å². The van der Waals surface area contributed by atoms with Crippen LogP contribution in [0.2, 0.25) is 0 Å². The number of aliphatic imine (C=N–C) groups is 1. The van der Waals surface area contributed by atoms with Crippen LogP contribution in [0, 0.1) is 5.82 Å². The fraction of sp³-hybridized carbons (Fsp3) is 0.458. The molecule has 2 aromatic carbocycles. The predicted molar refractivity (Wildman–Crippen MR) is 119 cm³/mol. The maximum Gasteiger partial charge on any atom is 0.193 e. The average molecular weight is 414 g/mol. The van der Waals surface area contributed by atoms with Crippen LogP contribution in [0.15, 0.2) is 53.5 Å². The summed E-state index contributed by atoms with van der Waals surface area (Å²) < 4.78 is 25.0. The molecular weight excluding hydrogens is 381 g/mol. The highest BCUT2D eigenvalue weighted by atomic mass is 19.1. The van der Waals surface area contributed by atoms with Gasteiger partial charge in [-0.1, -0.05) is 30.3 Å². The molecule has 1 aliphatic rings. The molecular formula is C24H32FN3O2. The van der Waals surface area contributed by atoms with E-state index in [0.717, 1.165) is 42.2 Å². The molecule has 3 rings (SSSR count). The van der Waals surface area contributed by atoms with E-state index in [4.69, 9.17) is 14.5 Å². The van der Waals surface area contributed by atoms with Crippen LogP contribution in [-0.2, 0) is 16.7 Å². The van der Waals surface area contributed by atoms with Crippen LogP contribution in [0.1, 0.15) is 30.9 Å². The Kier molecular flexibility index (Phi) is 7.69. The molecule has 162 valence electrons. The Morgan fingerprint density at radius 2 is 1.97 bits per heavy atom. The van der Waals surface area contributed by atoms with Crippen LogP contribution in [0.4, 0.5) is 4.39 Å². The van der Waals surface area contributed by atoms with Crippen molar-refractivity contribution in [2.45, 2.75) is 31.7 Å². The van der Waals surface area contributed by atoms with Crippen molar-refractivity contribution in [1.29, 1.82) is 0 Å². The van der Waals surface area contributed by atoms with Gasteiger partial charge in [-0.2, -0.15) is 0 Å². The van der Waals surface area contributed by atoms with Crippen LogP contribution in [0.25, 0.3) is 0 Å². The Balaban J connectivity index is 1.83. The highest BCUT2D eigenvalue weighted by molar-refractivity contribution is 5.79. The Bertz CT molecular complexity index is 850. The molecule has 5 nitrogen and oxygen atoms in total. The number of guanidine groups is 1. The molecule has 1 fully saturated rings. The molecule has 1 saturated heterocycles. The number of methoxy groups -OCH3 is 1. The molecule has 0 atom stereocenters. The molecule has 0 amide bonds. The minimum atomic E-state index is -0.216. The number of hydrogen-bond acceptors (Lipinski definition) is 3. The molecule has 0 saturated carbocycles. The summed E-state index contributed by atoms with van der Waals surface area (Å²) in [6.07, 6.45) is 1.66. The Labute approximate surface area is 178 Å². The highest BCUT2D eigenvalue weighted by Crippen LogP contribution is 2.35. The third kappa shape index (κ3) is 5.30. The van der Waals surface area contributed by atoms with E-state index in [9.17, 15) is 4.39 Å². The van der Waals surface area contributed by atoms with Crippen molar-refractivity contribution >= 4 is 5.96 Å². The van der Waals surface area contributed by atoms with E-state index in [1.807, 2.05) is 31.3 Å². The van der Waals surface area contributed by atoms with Crippen molar-refractivity contribution in [3.63, 3.8) is 0 Å². The summed E-state index contributed by atoms with van der Waals surface area (Å²) in [5, 5.41) is 3.39. The lowest BCUT2D eigenvalue weighted by atomic mass is 9.74. The Hall–Kier alpha value is -2.60. The number of rotatable bonds is 7. The van der Waals surface area contributed by atoms with E-state index in [-0.39, 0.29) is 11.2 Å². The molecule has 0 aromatic heterocycles. The van der Waals surface area contributed by atoms with Crippen LogP contribution in [0.3, 0.4) is 0 Å². The average Bonchev–Trinajstić information content (AvgIpc) is 2.77. The first kappa shape index (κ1) is 22.1. The fourth-order valence-corrected chi connectivity index (χ4v) is 3.98. The Morgan fingerprint density at radius 1 is 1.20 bits per heavy atom. The fourth-order valence-electron chi connectivity index (χ4n) is 3.98. The van der Waals surface area contributed by atoms with Gasteiger partial charge in [-0.05, 0) is 43.5 Å². The van der Waals surface area contributed by atoms with Gasteiger partial charge in [0.1, 0.15) is 11.6 Å². The first-order valence-corrected chi connectivity index (χ1v) is 10.5. The summed E-state index contributed by atoms with van der Waals surface area (Å²) in [4.78, 5) is 7.08. The first-order valence-electron chi connectivity index (χ1n) is 10.5. The molecule has 1 heterocycles. The van der Waals surface area contributed by atoms with Gasteiger partial charge in [-0.3, -0.25) is 4.99 Å². The standard InChI is InChI=1S/C24H32FN3O2/c1-4-26-23(28(2)17-19-8-5-6-11-22(19)29-3)27-18-24(12-14-30-15-13-24)20-9-7-10-21(25)16-20/h5-11,16H,4,12-15,17-18H2,1-3H3,(H,26,27). The second kappa shape index (κ2) is 10.4. The SMILES string of the molecule is CCNC(=NCC1(c2cccc(F)c2)CCOCC1)N(C)Cc1ccccc1OC. The van der Waals surface area contributed by atoms with Gasteiger partial charge < -0.3 is 19.7 Å². The molecule has 30 heavy (non-hydrogen) atoms. The largest absolute Gasteiger partial charge is 0.496 e. The summed E-state index contributed by atoms with van der Waals surface area (Å²) in [6, 6.07) is 14.9. The van der Waals surface area contributed by atoms with Gasteiger partial charge in [0.25, 0.3) is 0 Å². The molecule has 6 heteroatoms. The molecule has 0 radical (unpaired) electrons. The molecule has 0 bridgehead atoms. The van der Waals surface area contributed by atoms with Crippen molar-refractivity contribution in [3.05, 3.63) is 65.5 Å². The summed E-state index contributed by atoms with van der Waals surface area (Å²) >= 11 is 0. The molecule has 2 aromatic rings. The summed E-state index contributed by atoms with van der Waals surface area (Å²) in [6.45, 7) is 5.41. The minimum absolute atomic E-state index is 0.206. The van der Waals surface area contributed by atoms with Crippen molar-refractivity contribution in [2.75, 3.05) is 40.5 Å². The maximum atomic E-state index is 14.0. The number of para-hydroxylation sites is 1. The van der Waals surface area contributed by atoms with Gasteiger partial charge in [0.2, 0.25) is 0 Å². The topological polar surface area (TPSA) is 46.1 Å². The zero-order valence-electron chi connectivity index (χ0n) is 18.2. The van der Waals surface area contributed by atoms with Gasteiger partial charge in [0.05, 0.1) is 13.7 Å². The number of benzene rings is 2. The van der Waals surface area contributed by atoms with Crippen molar-refractivity contribution in [1.82, 2.24) is 10.2 Å².